The van der Waals surface area contributed by atoms with E-state index in [1.807, 2.05) is 6.92 Å². The Morgan fingerprint density at radius 3 is 2.50 bits per heavy atom. The van der Waals surface area contributed by atoms with Crippen molar-refractivity contribution in [1.29, 1.82) is 0 Å². The van der Waals surface area contributed by atoms with Gasteiger partial charge in [-0.3, -0.25) is 4.79 Å². The van der Waals surface area contributed by atoms with Crippen LogP contribution >= 0.6 is 0 Å². The molecule has 0 aliphatic heterocycles. The van der Waals surface area contributed by atoms with E-state index in [0.29, 0.717) is 17.7 Å². The normalized spacial score (nSPS) is 11.1. The highest BCUT2D eigenvalue weighted by molar-refractivity contribution is 6.02. The zero-order valence-electron chi connectivity index (χ0n) is 12.5. The van der Waals surface area contributed by atoms with E-state index in [1.165, 1.54) is 7.11 Å². The predicted octanol–water partition coefficient (Wildman–Crippen LogP) is 2.94. The molecule has 0 saturated carbocycles. The molecule has 0 heterocycles. The minimum absolute atomic E-state index is 0.192. The van der Waals surface area contributed by atoms with Gasteiger partial charge in [0.2, 0.25) is 0 Å². The zero-order chi connectivity index (χ0) is 15.9. The van der Waals surface area contributed by atoms with Gasteiger partial charge in [-0.2, -0.15) is 5.10 Å². The number of rotatable bonds is 5. The number of carbonyl (C=O) groups is 1. The number of methoxy groups -OCH3 is 1. The van der Waals surface area contributed by atoms with E-state index >= 15 is 0 Å². The van der Waals surface area contributed by atoms with Gasteiger partial charge in [-0.05, 0) is 48.4 Å². The molecule has 0 atom stereocenters. The summed E-state index contributed by atoms with van der Waals surface area (Å²) in [6.45, 7) is 1.95. The maximum atomic E-state index is 12.2. The van der Waals surface area contributed by atoms with Gasteiger partial charge in [-0.25, -0.2) is 5.43 Å². The average molecular weight is 298 g/mol. The topological polar surface area (TPSA) is 70.9 Å². The van der Waals surface area contributed by atoms with Crippen molar-refractivity contribution in [3.63, 3.8) is 0 Å². The van der Waals surface area contributed by atoms with Gasteiger partial charge < -0.3 is 9.84 Å². The van der Waals surface area contributed by atoms with Crippen molar-refractivity contribution < 1.29 is 14.6 Å². The summed E-state index contributed by atoms with van der Waals surface area (Å²) in [5.41, 5.74) is 4.54. The first-order chi connectivity index (χ1) is 10.7. The summed E-state index contributed by atoms with van der Waals surface area (Å²) in [7, 11) is 1.52. The van der Waals surface area contributed by atoms with E-state index in [9.17, 15) is 9.90 Å². The molecule has 1 amide bonds. The van der Waals surface area contributed by atoms with E-state index in [4.69, 9.17) is 4.74 Å². The highest BCUT2D eigenvalue weighted by atomic mass is 16.5. The molecule has 0 saturated heterocycles. The molecule has 0 bridgehead atoms. The summed E-state index contributed by atoms with van der Waals surface area (Å²) >= 11 is 0. The molecule has 0 aromatic heterocycles. The summed E-state index contributed by atoms with van der Waals surface area (Å²) in [4.78, 5) is 12.2. The van der Waals surface area contributed by atoms with Crippen LogP contribution in [0.25, 0.3) is 0 Å². The molecule has 2 aromatic rings. The monoisotopic (exact) mass is 298 g/mol. The van der Waals surface area contributed by atoms with Gasteiger partial charge in [0.1, 0.15) is 11.5 Å². The van der Waals surface area contributed by atoms with Crippen molar-refractivity contribution in [1.82, 2.24) is 5.43 Å². The van der Waals surface area contributed by atoms with Crippen LogP contribution in [-0.4, -0.2) is 23.8 Å². The second-order valence-electron chi connectivity index (χ2n) is 4.60. The Morgan fingerprint density at radius 1 is 1.18 bits per heavy atom. The number of hydrogen-bond acceptors (Lipinski definition) is 4. The second-order valence-corrected chi connectivity index (χ2v) is 4.60. The number of aromatic hydroxyl groups is 1. The number of ether oxygens (including phenoxy) is 1. The fraction of sp³-hybridized carbons (Fsp3) is 0.176. The van der Waals surface area contributed by atoms with Crippen LogP contribution in [0, 0.1) is 0 Å². The summed E-state index contributed by atoms with van der Waals surface area (Å²) < 4.78 is 5.16. The number of phenols is 1. The van der Waals surface area contributed by atoms with Crippen LogP contribution in [0.5, 0.6) is 11.5 Å². The van der Waals surface area contributed by atoms with Gasteiger partial charge in [0.05, 0.1) is 18.4 Å². The maximum absolute atomic E-state index is 12.2. The molecule has 5 heteroatoms. The number of amides is 1. The van der Waals surface area contributed by atoms with Gasteiger partial charge >= 0.3 is 0 Å². The molecule has 2 aromatic carbocycles. The predicted molar refractivity (Wildman–Crippen MR) is 85.4 cm³/mol. The first-order valence-electron chi connectivity index (χ1n) is 6.95. The molecule has 2 rings (SSSR count). The highest BCUT2D eigenvalue weighted by Crippen LogP contribution is 2.17. The Morgan fingerprint density at radius 2 is 1.86 bits per heavy atom. The van der Waals surface area contributed by atoms with Gasteiger partial charge in [-0.15, -0.1) is 0 Å². The lowest BCUT2D eigenvalue weighted by Gasteiger charge is -2.08. The minimum Gasteiger partial charge on any atom is -0.508 e. The van der Waals surface area contributed by atoms with Crippen LogP contribution in [-0.2, 0) is 0 Å². The number of phenolic OH excluding ortho intramolecular Hbond substituents is 1. The van der Waals surface area contributed by atoms with Crippen LogP contribution in [0.4, 0.5) is 0 Å². The molecule has 0 aliphatic rings. The lowest BCUT2D eigenvalue weighted by molar-refractivity contribution is 0.0952. The summed E-state index contributed by atoms with van der Waals surface area (Å²) in [6, 6.07) is 13.6. The number of hydrazone groups is 1. The number of carbonyl (C=O) groups excluding carboxylic acids is 1. The molecular formula is C17H18N2O3. The summed E-state index contributed by atoms with van der Waals surface area (Å²) in [5, 5.41) is 13.5. The van der Waals surface area contributed by atoms with Crippen LogP contribution in [0.3, 0.4) is 0 Å². The number of hydrogen-bond donors (Lipinski definition) is 2. The van der Waals surface area contributed by atoms with Crippen LogP contribution in [0.1, 0.15) is 29.3 Å². The molecule has 0 fully saturated rings. The summed E-state index contributed by atoms with van der Waals surface area (Å²) in [5.74, 6) is 0.359. The zero-order valence-corrected chi connectivity index (χ0v) is 12.5. The van der Waals surface area contributed by atoms with Crippen molar-refractivity contribution in [2.75, 3.05) is 7.11 Å². The Labute approximate surface area is 129 Å². The van der Waals surface area contributed by atoms with Crippen molar-refractivity contribution >= 4 is 11.6 Å². The van der Waals surface area contributed by atoms with Gasteiger partial charge in [0, 0.05) is 0 Å². The smallest absolute Gasteiger partial charge is 0.275 e. The lowest BCUT2D eigenvalue weighted by Crippen LogP contribution is -2.20. The number of nitrogens with zero attached hydrogens (tertiary/aromatic N) is 1. The van der Waals surface area contributed by atoms with Gasteiger partial charge in [0.15, 0.2) is 0 Å². The standard InChI is InChI=1S/C17H18N2O3/c1-3-15(12-8-10-13(20)11-9-12)18-19-17(21)14-6-4-5-7-16(14)22-2/h4-11,20H,3H2,1-2H3,(H,19,21). The number of nitrogens with one attached hydrogen (secondary N) is 1. The van der Waals surface area contributed by atoms with Crippen molar-refractivity contribution in [2.45, 2.75) is 13.3 Å². The molecule has 0 unspecified atom stereocenters. The Kier molecular flexibility index (Phi) is 5.14. The van der Waals surface area contributed by atoms with Crippen molar-refractivity contribution in [2.24, 2.45) is 5.10 Å². The van der Waals surface area contributed by atoms with Crippen LogP contribution in [0.15, 0.2) is 53.6 Å². The third-order valence-corrected chi connectivity index (χ3v) is 3.18. The van der Waals surface area contributed by atoms with Crippen molar-refractivity contribution in [3.05, 3.63) is 59.7 Å². The molecule has 0 radical (unpaired) electrons. The fourth-order valence-corrected chi connectivity index (χ4v) is 2.01. The lowest BCUT2D eigenvalue weighted by atomic mass is 10.1. The van der Waals surface area contributed by atoms with Crippen molar-refractivity contribution in [3.8, 4) is 11.5 Å². The van der Waals surface area contributed by atoms with Crippen LogP contribution < -0.4 is 10.2 Å². The highest BCUT2D eigenvalue weighted by Gasteiger charge is 2.11. The third kappa shape index (κ3) is 3.63. The molecule has 0 aliphatic carbocycles. The van der Waals surface area contributed by atoms with E-state index in [-0.39, 0.29) is 11.7 Å². The van der Waals surface area contributed by atoms with Gasteiger partial charge in [-0.1, -0.05) is 19.1 Å². The summed E-state index contributed by atoms with van der Waals surface area (Å²) in [6.07, 6.45) is 0.650. The largest absolute Gasteiger partial charge is 0.508 e. The second kappa shape index (κ2) is 7.26. The fourth-order valence-electron chi connectivity index (χ4n) is 2.01. The van der Waals surface area contributed by atoms with Crippen LogP contribution in [0.2, 0.25) is 0 Å². The number of para-hydroxylation sites is 1. The molecular weight excluding hydrogens is 280 g/mol. The molecule has 0 spiro atoms. The molecule has 5 nitrogen and oxygen atoms in total. The van der Waals surface area contributed by atoms with E-state index in [0.717, 1.165) is 11.3 Å². The Hall–Kier alpha value is -2.82. The average Bonchev–Trinajstić information content (AvgIpc) is 2.56. The SMILES string of the molecule is CCC(=NNC(=O)c1ccccc1OC)c1ccc(O)cc1. The molecule has 22 heavy (non-hydrogen) atoms. The first-order valence-corrected chi connectivity index (χ1v) is 6.95. The van der Waals surface area contributed by atoms with E-state index in [2.05, 4.69) is 10.5 Å². The van der Waals surface area contributed by atoms with E-state index in [1.54, 1.807) is 48.5 Å². The molecule has 114 valence electrons. The number of benzene rings is 2. The first kappa shape index (κ1) is 15.6. The maximum Gasteiger partial charge on any atom is 0.275 e. The van der Waals surface area contributed by atoms with E-state index < -0.39 is 0 Å². The van der Waals surface area contributed by atoms with Gasteiger partial charge in [0.25, 0.3) is 5.91 Å². The quantitative estimate of drug-likeness (QED) is 0.658. The minimum atomic E-state index is -0.331. The third-order valence-electron chi connectivity index (χ3n) is 3.18. The Balaban J connectivity index is 2.18. The molecule has 2 N–H and O–H groups in total. The Bertz CT molecular complexity index is 679.